The minimum atomic E-state index is -4.67. The number of hydrogen-bond acceptors (Lipinski definition) is 8. The molecule has 0 N–H and O–H groups in total. The third-order valence-corrected chi connectivity index (χ3v) is 6.74. The zero-order valence-electron chi connectivity index (χ0n) is 20.6. The van der Waals surface area contributed by atoms with Crippen LogP contribution in [-0.4, -0.2) is 64.7 Å². The van der Waals surface area contributed by atoms with Crippen molar-refractivity contribution in [2.45, 2.75) is 44.0 Å². The topological polar surface area (TPSA) is 107 Å². The van der Waals surface area contributed by atoms with Gasteiger partial charge in [0.15, 0.2) is 0 Å². The van der Waals surface area contributed by atoms with Gasteiger partial charge in [-0.15, -0.1) is 0 Å². The van der Waals surface area contributed by atoms with Crippen LogP contribution in [0.25, 0.3) is 10.9 Å². The van der Waals surface area contributed by atoms with Crippen LogP contribution in [0.4, 0.5) is 23.7 Å². The molecule has 5 rings (SSSR count). The predicted octanol–water partition coefficient (Wildman–Crippen LogP) is 4.22. The van der Waals surface area contributed by atoms with Gasteiger partial charge in [-0.05, 0) is 43.9 Å². The van der Waals surface area contributed by atoms with E-state index >= 15 is 0 Å². The van der Waals surface area contributed by atoms with Gasteiger partial charge in [0.25, 0.3) is 5.91 Å². The van der Waals surface area contributed by atoms with Gasteiger partial charge in [-0.2, -0.15) is 13.2 Å². The van der Waals surface area contributed by atoms with Gasteiger partial charge in [0.1, 0.15) is 30.4 Å². The van der Waals surface area contributed by atoms with Crippen LogP contribution in [0.1, 0.15) is 31.2 Å². The maximum Gasteiger partial charge on any atom is 0.417 e. The third-order valence-electron chi connectivity index (χ3n) is 6.74. The lowest BCUT2D eigenvalue weighted by Crippen LogP contribution is -2.44. The number of methoxy groups -OCH3 is 2. The number of fused-ring (bicyclic) bond motifs is 1. The highest BCUT2D eigenvalue weighted by Gasteiger charge is 2.44. The standard InChI is InChI=1S/C25H24F3N5O5/c1-36-17-7-8-18-19(10-17)30-13-31-22(18)38-16-5-3-15(4-6-16)33-21(34)12-32(24(33)35)20-9-14(25(26,27)28)11-29-23(20)37-2/h7-11,13,15-16H,3-6,12H2,1-2H3/t15-,16-. The van der Waals surface area contributed by atoms with Crippen molar-refractivity contribution >= 4 is 28.5 Å². The highest BCUT2D eigenvalue weighted by Crippen LogP contribution is 2.38. The number of pyridine rings is 1. The number of rotatable bonds is 6. The van der Waals surface area contributed by atoms with Crippen LogP contribution in [0, 0.1) is 0 Å². The van der Waals surface area contributed by atoms with Crippen molar-refractivity contribution in [1.82, 2.24) is 19.9 Å². The Balaban J connectivity index is 1.28. The van der Waals surface area contributed by atoms with Gasteiger partial charge in [0.05, 0.1) is 30.7 Å². The fraction of sp³-hybridized carbons (Fsp3) is 0.400. The molecular formula is C25H24F3N5O5. The van der Waals surface area contributed by atoms with Crippen molar-refractivity contribution in [2.75, 3.05) is 25.7 Å². The first-order valence-electron chi connectivity index (χ1n) is 11.9. The Kier molecular flexibility index (Phi) is 6.67. The SMILES string of the molecule is COc1ccc2c(O[C@H]3CC[C@H](N4C(=O)CN(c5cc(C(F)(F)F)cnc5OC)C4=O)CC3)ncnc2c1. The minimum Gasteiger partial charge on any atom is -0.497 e. The van der Waals surface area contributed by atoms with Crippen LogP contribution < -0.4 is 19.1 Å². The summed E-state index contributed by atoms with van der Waals surface area (Å²) in [6.45, 7) is -0.398. The molecule has 0 spiro atoms. The van der Waals surface area contributed by atoms with Crippen LogP contribution in [0.2, 0.25) is 0 Å². The molecule has 3 aromatic rings. The Morgan fingerprint density at radius 3 is 2.39 bits per heavy atom. The molecule has 2 aromatic heterocycles. The second-order valence-electron chi connectivity index (χ2n) is 8.99. The summed E-state index contributed by atoms with van der Waals surface area (Å²) in [5.41, 5.74) is -0.566. The summed E-state index contributed by atoms with van der Waals surface area (Å²) in [5, 5.41) is 0.736. The molecule has 1 saturated carbocycles. The number of benzene rings is 1. The number of alkyl halides is 3. The number of carbonyl (C=O) groups excluding carboxylic acids is 2. The van der Waals surface area contributed by atoms with E-state index in [1.807, 2.05) is 6.07 Å². The first kappa shape index (κ1) is 25.5. The van der Waals surface area contributed by atoms with E-state index in [-0.39, 0.29) is 17.7 Å². The van der Waals surface area contributed by atoms with E-state index in [4.69, 9.17) is 14.2 Å². The summed E-state index contributed by atoms with van der Waals surface area (Å²) in [7, 11) is 2.80. The van der Waals surface area contributed by atoms with Crippen molar-refractivity contribution in [1.29, 1.82) is 0 Å². The van der Waals surface area contributed by atoms with E-state index in [1.54, 1.807) is 19.2 Å². The molecule has 13 heteroatoms. The Labute approximate surface area is 215 Å². The molecule has 1 saturated heterocycles. The first-order chi connectivity index (χ1) is 18.2. The average Bonchev–Trinajstić information content (AvgIpc) is 3.21. The van der Waals surface area contributed by atoms with E-state index < -0.39 is 36.3 Å². The quantitative estimate of drug-likeness (QED) is 0.436. The number of anilines is 1. The highest BCUT2D eigenvalue weighted by atomic mass is 19.4. The summed E-state index contributed by atoms with van der Waals surface area (Å²) in [6.07, 6.45) is -0.759. The van der Waals surface area contributed by atoms with Crippen molar-refractivity contribution in [3.63, 3.8) is 0 Å². The molecule has 0 atom stereocenters. The van der Waals surface area contributed by atoms with Crippen LogP contribution in [0.15, 0.2) is 36.8 Å². The van der Waals surface area contributed by atoms with Gasteiger partial charge in [-0.1, -0.05) is 0 Å². The molecular weight excluding hydrogens is 507 g/mol. The second-order valence-corrected chi connectivity index (χ2v) is 8.99. The van der Waals surface area contributed by atoms with E-state index in [2.05, 4.69) is 15.0 Å². The van der Waals surface area contributed by atoms with Gasteiger partial charge >= 0.3 is 12.2 Å². The molecule has 38 heavy (non-hydrogen) atoms. The molecule has 2 aliphatic rings. The second kappa shape index (κ2) is 9.95. The predicted molar refractivity (Wildman–Crippen MR) is 128 cm³/mol. The Bertz CT molecular complexity index is 1380. The monoisotopic (exact) mass is 531 g/mol. The molecule has 200 valence electrons. The van der Waals surface area contributed by atoms with E-state index in [0.717, 1.165) is 21.3 Å². The van der Waals surface area contributed by atoms with Crippen molar-refractivity contribution in [3.8, 4) is 17.5 Å². The van der Waals surface area contributed by atoms with E-state index in [0.29, 0.717) is 49.0 Å². The number of urea groups is 1. The van der Waals surface area contributed by atoms with Crippen LogP contribution >= 0.6 is 0 Å². The van der Waals surface area contributed by atoms with Gasteiger partial charge < -0.3 is 14.2 Å². The summed E-state index contributed by atoms with van der Waals surface area (Å²) in [5.74, 6) is 0.433. The van der Waals surface area contributed by atoms with Gasteiger partial charge in [0.2, 0.25) is 11.8 Å². The number of nitrogens with zero attached hydrogens (tertiary/aromatic N) is 5. The van der Waals surface area contributed by atoms with E-state index in [1.165, 1.54) is 13.4 Å². The zero-order chi connectivity index (χ0) is 27.0. The maximum absolute atomic E-state index is 13.3. The summed E-state index contributed by atoms with van der Waals surface area (Å²) in [6, 6.07) is 5.06. The van der Waals surface area contributed by atoms with Gasteiger partial charge in [-0.3, -0.25) is 14.6 Å². The molecule has 1 aliphatic carbocycles. The van der Waals surface area contributed by atoms with E-state index in [9.17, 15) is 22.8 Å². The Morgan fingerprint density at radius 2 is 1.71 bits per heavy atom. The molecule has 1 aromatic carbocycles. The summed E-state index contributed by atoms with van der Waals surface area (Å²) < 4.78 is 56.2. The fourth-order valence-corrected chi connectivity index (χ4v) is 4.82. The molecule has 2 fully saturated rings. The molecule has 3 heterocycles. The fourth-order valence-electron chi connectivity index (χ4n) is 4.82. The molecule has 3 amide bonds. The van der Waals surface area contributed by atoms with Gasteiger partial charge in [0, 0.05) is 18.3 Å². The molecule has 0 radical (unpaired) electrons. The third kappa shape index (κ3) is 4.75. The molecule has 0 bridgehead atoms. The highest BCUT2D eigenvalue weighted by molar-refractivity contribution is 6.13. The number of ether oxygens (including phenoxy) is 3. The number of amides is 3. The van der Waals surface area contributed by atoms with Crippen molar-refractivity contribution in [3.05, 3.63) is 42.4 Å². The lowest BCUT2D eigenvalue weighted by molar-refractivity contribution is -0.137. The number of halogens is 3. The Morgan fingerprint density at radius 1 is 0.947 bits per heavy atom. The largest absolute Gasteiger partial charge is 0.497 e. The summed E-state index contributed by atoms with van der Waals surface area (Å²) in [4.78, 5) is 40.4. The van der Waals surface area contributed by atoms with Crippen LogP contribution in [0.5, 0.6) is 17.5 Å². The first-order valence-corrected chi connectivity index (χ1v) is 11.9. The Hall–Kier alpha value is -4.16. The minimum absolute atomic E-state index is 0.173. The van der Waals surface area contributed by atoms with Crippen LogP contribution in [-0.2, 0) is 11.0 Å². The molecule has 0 unspecified atom stereocenters. The average molecular weight is 531 g/mol. The summed E-state index contributed by atoms with van der Waals surface area (Å²) >= 11 is 0. The smallest absolute Gasteiger partial charge is 0.417 e. The zero-order valence-corrected chi connectivity index (χ0v) is 20.6. The lowest BCUT2D eigenvalue weighted by Gasteiger charge is -2.33. The van der Waals surface area contributed by atoms with Crippen molar-refractivity contribution in [2.24, 2.45) is 0 Å². The molecule has 1 aliphatic heterocycles. The lowest BCUT2D eigenvalue weighted by atomic mass is 9.92. The number of hydrogen-bond donors (Lipinski definition) is 0. The van der Waals surface area contributed by atoms with Crippen LogP contribution in [0.3, 0.4) is 0 Å². The number of aromatic nitrogens is 3. The normalized spacial score (nSPS) is 20.2. The van der Waals surface area contributed by atoms with Crippen molar-refractivity contribution < 1.29 is 37.0 Å². The number of carbonyl (C=O) groups is 2. The van der Waals surface area contributed by atoms with Gasteiger partial charge in [-0.25, -0.2) is 19.7 Å². The number of imide groups is 1. The molecule has 10 nitrogen and oxygen atoms in total. The maximum atomic E-state index is 13.3.